The van der Waals surface area contributed by atoms with E-state index >= 15 is 0 Å². The SMILES string of the molecule is CCCCCCN=C(N)NCCc1ccc(CO)cc1. The van der Waals surface area contributed by atoms with Gasteiger partial charge >= 0.3 is 0 Å². The van der Waals surface area contributed by atoms with Gasteiger partial charge in [-0.15, -0.1) is 0 Å². The van der Waals surface area contributed by atoms with E-state index in [1.807, 2.05) is 24.3 Å². The minimum atomic E-state index is 0.0934. The van der Waals surface area contributed by atoms with Crippen molar-refractivity contribution in [3.8, 4) is 0 Å². The third kappa shape index (κ3) is 7.14. The van der Waals surface area contributed by atoms with Crippen LogP contribution >= 0.6 is 0 Å². The Morgan fingerprint density at radius 3 is 2.50 bits per heavy atom. The second-order valence-electron chi connectivity index (χ2n) is 4.98. The number of aliphatic hydroxyl groups excluding tert-OH is 1. The fourth-order valence-electron chi connectivity index (χ4n) is 1.94. The Bertz CT molecular complexity index is 387. The lowest BCUT2D eigenvalue weighted by atomic mass is 10.1. The number of guanidine groups is 1. The first-order valence-corrected chi connectivity index (χ1v) is 7.48. The number of nitrogens with one attached hydrogen (secondary N) is 1. The topological polar surface area (TPSA) is 70.6 Å². The fraction of sp³-hybridized carbons (Fsp3) is 0.562. The molecule has 0 aliphatic heterocycles. The molecule has 0 atom stereocenters. The summed E-state index contributed by atoms with van der Waals surface area (Å²) in [5, 5.41) is 12.1. The maximum atomic E-state index is 8.97. The summed E-state index contributed by atoms with van der Waals surface area (Å²) in [7, 11) is 0. The molecule has 112 valence electrons. The lowest BCUT2D eigenvalue weighted by Gasteiger charge is -2.06. The Hall–Kier alpha value is -1.55. The van der Waals surface area contributed by atoms with Crippen LogP contribution in [0.15, 0.2) is 29.3 Å². The quantitative estimate of drug-likeness (QED) is 0.368. The number of hydrogen-bond acceptors (Lipinski definition) is 2. The van der Waals surface area contributed by atoms with Gasteiger partial charge in [0.15, 0.2) is 5.96 Å². The van der Waals surface area contributed by atoms with Gasteiger partial charge in [0.25, 0.3) is 0 Å². The van der Waals surface area contributed by atoms with E-state index in [-0.39, 0.29) is 6.61 Å². The summed E-state index contributed by atoms with van der Waals surface area (Å²) < 4.78 is 0. The standard InChI is InChI=1S/C16H27N3O/c1-2-3-4-5-11-18-16(17)19-12-10-14-6-8-15(13-20)9-7-14/h6-9,20H,2-5,10-13H2,1H3,(H3,17,18,19). The van der Waals surface area contributed by atoms with E-state index in [1.165, 1.54) is 24.8 Å². The predicted octanol–water partition coefficient (Wildman–Crippen LogP) is 2.21. The Kier molecular flexibility index (Phi) is 8.47. The molecule has 0 spiro atoms. The van der Waals surface area contributed by atoms with Crippen molar-refractivity contribution in [3.05, 3.63) is 35.4 Å². The molecule has 0 aliphatic carbocycles. The highest BCUT2D eigenvalue weighted by Gasteiger charge is 1.96. The van der Waals surface area contributed by atoms with Gasteiger partial charge in [-0.3, -0.25) is 4.99 Å². The highest BCUT2D eigenvalue weighted by Crippen LogP contribution is 2.04. The molecule has 0 saturated heterocycles. The fourth-order valence-corrected chi connectivity index (χ4v) is 1.94. The smallest absolute Gasteiger partial charge is 0.188 e. The molecule has 1 aromatic rings. The van der Waals surface area contributed by atoms with E-state index in [4.69, 9.17) is 10.8 Å². The van der Waals surface area contributed by atoms with E-state index in [2.05, 4.69) is 17.2 Å². The van der Waals surface area contributed by atoms with Gasteiger partial charge in [0.05, 0.1) is 6.61 Å². The van der Waals surface area contributed by atoms with Crippen LogP contribution in [0.25, 0.3) is 0 Å². The highest BCUT2D eigenvalue weighted by atomic mass is 16.3. The zero-order valence-electron chi connectivity index (χ0n) is 12.4. The Labute approximate surface area is 122 Å². The first-order chi connectivity index (χ1) is 9.76. The first kappa shape index (κ1) is 16.5. The monoisotopic (exact) mass is 277 g/mol. The third-order valence-electron chi connectivity index (χ3n) is 3.22. The van der Waals surface area contributed by atoms with Crippen LogP contribution in [-0.2, 0) is 13.0 Å². The number of unbranched alkanes of at least 4 members (excludes halogenated alkanes) is 3. The minimum absolute atomic E-state index is 0.0934. The van der Waals surface area contributed by atoms with Gasteiger partial charge in [0, 0.05) is 13.1 Å². The zero-order chi connectivity index (χ0) is 14.6. The molecule has 4 heteroatoms. The summed E-state index contributed by atoms with van der Waals surface area (Å²) in [5.74, 6) is 0.536. The van der Waals surface area contributed by atoms with Crippen LogP contribution < -0.4 is 11.1 Å². The number of nitrogens with two attached hydrogens (primary N) is 1. The van der Waals surface area contributed by atoms with Gasteiger partial charge < -0.3 is 16.2 Å². The molecule has 0 amide bonds. The highest BCUT2D eigenvalue weighted by molar-refractivity contribution is 5.77. The molecule has 4 nitrogen and oxygen atoms in total. The van der Waals surface area contributed by atoms with E-state index in [0.29, 0.717) is 5.96 Å². The summed E-state index contributed by atoms with van der Waals surface area (Å²) in [4.78, 5) is 4.30. The second kappa shape index (κ2) is 10.3. The molecule has 0 heterocycles. The number of aliphatic hydroxyl groups is 1. The summed E-state index contributed by atoms with van der Waals surface area (Å²) in [6, 6.07) is 7.96. The molecule has 0 fully saturated rings. The molecule has 20 heavy (non-hydrogen) atoms. The van der Waals surface area contributed by atoms with Crippen LogP contribution in [0.3, 0.4) is 0 Å². The molecule has 0 radical (unpaired) electrons. The summed E-state index contributed by atoms with van der Waals surface area (Å²) in [6.45, 7) is 3.88. The molecule has 0 saturated carbocycles. The summed E-state index contributed by atoms with van der Waals surface area (Å²) in [6.07, 6.45) is 5.75. The molecule has 0 unspecified atom stereocenters. The Morgan fingerprint density at radius 1 is 1.15 bits per heavy atom. The molecule has 0 bridgehead atoms. The average Bonchev–Trinajstić information content (AvgIpc) is 2.48. The number of benzene rings is 1. The van der Waals surface area contributed by atoms with Crippen LogP contribution in [0, 0.1) is 0 Å². The lowest BCUT2D eigenvalue weighted by molar-refractivity contribution is 0.282. The van der Waals surface area contributed by atoms with Crippen molar-refractivity contribution in [2.24, 2.45) is 10.7 Å². The summed E-state index contributed by atoms with van der Waals surface area (Å²) in [5.41, 5.74) is 7.97. The van der Waals surface area contributed by atoms with E-state index in [9.17, 15) is 0 Å². The van der Waals surface area contributed by atoms with E-state index in [0.717, 1.165) is 31.5 Å². The number of rotatable bonds is 9. The van der Waals surface area contributed by atoms with Gasteiger partial charge in [-0.05, 0) is 24.0 Å². The van der Waals surface area contributed by atoms with Crippen molar-refractivity contribution in [2.75, 3.05) is 13.1 Å². The minimum Gasteiger partial charge on any atom is -0.392 e. The van der Waals surface area contributed by atoms with Gasteiger partial charge in [-0.1, -0.05) is 50.5 Å². The van der Waals surface area contributed by atoms with Crippen LogP contribution in [0.4, 0.5) is 0 Å². The van der Waals surface area contributed by atoms with Crippen molar-refractivity contribution in [1.29, 1.82) is 0 Å². The number of aliphatic imine (C=N–C) groups is 1. The zero-order valence-corrected chi connectivity index (χ0v) is 12.4. The molecule has 1 aromatic carbocycles. The molecule has 0 aromatic heterocycles. The van der Waals surface area contributed by atoms with E-state index in [1.54, 1.807) is 0 Å². The van der Waals surface area contributed by atoms with Crippen molar-refractivity contribution in [2.45, 2.75) is 45.6 Å². The molecule has 0 aliphatic rings. The molecular weight excluding hydrogens is 250 g/mol. The number of nitrogens with zero attached hydrogens (tertiary/aromatic N) is 1. The van der Waals surface area contributed by atoms with Crippen molar-refractivity contribution < 1.29 is 5.11 Å². The Balaban J connectivity index is 2.17. The van der Waals surface area contributed by atoms with E-state index < -0.39 is 0 Å². The van der Waals surface area contributed by atoms with Gasteiger partial charge in [0.2, 0.25) is 0 Å². The second-order valence-corrected chi connectivity index (χ2v) is 4.98. The average molecular weight is 277 g/mol. The van der Waals surface area contributed by atoms with Crippen molar-refractivity contribution in [1.82, 2.24) is 5.32 Å². The van der Waals surface area contributed by atoms with Crippen LogP contribution in [-0.4, -0.2) is 24.2 Å². The lowest BCUT2D eigenvalue weighted by Crippen LogP contribution is -2.33. The first-order valence-electron chi connectivity index (χ1n) is 7.48. The van der Waals surface area contributed by atoms with Crippen LogP contribution in [0.1, 0.15) is 43.7 Å². The predicted molar refractivity (Wildman–Crippen MR) is 84.7 cm³/mol. The Morgan fingerprint density at radius 2 is 1.85 bits per heavy atom. The van der Waals surface area contributed by atoms with Crippen molar-refractivity contribution in [3.63, 3.8) is 0 Å². The normalized spacial score (nSPS) is 11.6. The largest absolute Gasteiger partial charge is 0.392 e. The van der Waals surface area contributed by atoms with Gasteiger partial charge in [-0.25, -0.2) is 0 Å². The van der Waals surface area contributed by atoms with Gasteiger partial charge in [-0.2, -0.15) is 0 Å². The van der Waals surface area contributed by atoms with Crippen LogP contribution in [0.5, 0.6) is 0 Å². The molecular formula is C16H27N3O. The number of hydrogen-bond donors (Lipinski definition) is 3. The maximum absolute atomic E-state index is 8.97. The maximum Gasteiger partial charge on any atom is 0.188 e. The molecule has 4 N–H and O–H groups in total. The van der Waals surface area contributed by atoms with Gasteiger partial charge in [0.1, 0.15) is 0 Å². The van der Waals surface area contributed by atoms with Crippen molar-refractivity contribution >= 4 is 5.96 Å². The van der Waals surface area contributed by atoms with Crippen LogP contribution in [0.2, 0.25) is 0 Å². The summed E-state index contributed by atoms with van der Waals surface area (Å²) >= 11 is 0. The molecule has 1 rings (SSSR count). The third-order valence-corrected chi connectivity index (χ3v) is 3.22.